The minimum atomic E-state index is -3.47. The number of carbonyl (C=O) groups excluding carboxylic acids is 1. The predicted octanol–water partition coefficient (Wildman–Crippen LogP) is 3.83. The van der Waals surface area contributed by atoms with Crippen molar-refractivity contribution in [1.29, 1.82) is 5.26 Å². The summed E-state index contributed by atoms with van der Waals surface area (Å²) in [5, 5.41) is 9.34. The lowest BCUT2D eigenvalue weighted by molar-refractivity contribution is 0.0990. The molecular weight excluding hydrogens is 384 g/mol. The number of hydrogen-bond acceptors (Lipinski definition) is 4. The molecular formula is C23H18N2O3S. The third kappa shape index (κ3) is 3.41. The Balaban J connectivity index is 1.87. The van der Waals surface area contributed by atoms with E-state index in [0.717, 1.165) is 17.4 Å². The summed E-state index contributed by atoms with van der Waals surface area (Å²) in [5.41, 5.74) is 3.95. The van der Waals surface area contributed by atoms with Crippen molar-refractivity contribution in [2.24, 2.45) is 0 Å². The molecule has 0 fully saturated rings. The molecule has 0 aromatic heterocycles. The van der Waals surface area contributed by atoms with Gasteiger partial charge in [-0.05, 0) is 47.4 Å². The van der Waals surface area contributed by atoms with E-state index in [2.05, 4.69) is 6.07 Å². The Labute approximate surface area is 169 Å². The molecule has 29 heavy (non-hydrogen) atoms. The van der Waals surface area contributed by atoms with Gasteiger partial charge in [-0.2, -0.15) is 5.26 Å². The van der Waals surface area contributed by atoms with E-state index in [0.29, 0.717) is 35.3 Å². The summed E-state index contributed by atoms with van der Waals surface area (Å²) in [6.45, 7) is 0.449. The summed E-state index contributed by atoms with van der Waals surface area (Å²) in [4.78, 5) is 15.3. The SMILES string of the molecule is CS(=O)(=O)c1ccc(-c2ccccc2)c(C(=O)N2CCc3c(C#N)cccc32)c1. The van der Waals surface area contributed by atoms with Gasteiger partial charge in [-0.25, -0.2) is 8.42 Å². The number of benzene rings is 3. The molecule has 0 atom stereocenters. The highest BCUT2D eigenvalue weighted by Crippen LogP contribution is 2.34. The quantitative estimate of drug-likeness (QED) is 0.667. The van der Waals surface area contributed by atoms with Crippen LogP contribution in [0.25, 0.3) is 11.1 Å². The second-order valence-electron chi connectivity index (χ2n) is 6.97. The molecule has 144 valence electrons. The average molecular weight is 402 g/mol. The van der Waals surface area contributed by atoms with Gasteiger partial charge < -0.3 is 4.90 Å². The van der Waals surface area contributed by atoms with Crippen molar-refractivity contribution < 1.29 is 13.2 Å². The van der Waals surface area contributed by atoms with Crippen LogP contribution in [-0.2, 0) is 16.3 Å². The zero-order valence-corrected chi connectivity index (χ0v) is 16.6. The standard InChI is InChI=1S/C23H18N2O3S/c1-29(27,28)18-10-11-19(16-6-3-2-4-7-16)21(14-18)23(26)25-13-12-20-17(15-24)8-5-9-22(20)25/h2-11,14H,12-13H2,1H3. The lowest BCUT2D eigenvalue weighted by atomic mass is 9.98. The Morgan fingerprint density at radius 1 is 1.03 bits per heavy atom. The van der Waals surface area contributed by atoms with Crippen LogP contribution in [-0.4, -0.2) is 27.1 Å². The summed E-state index contributed by atoms with van der Waals surface area (Å²) in [7, 11) is -3.47. The molecule has 0 spiro atoms. The molecule has 1 amide bonds. The topological polar surface area (TPSA) is 78.2 Å². The van der Waals surface area contributed by atoms with E-state index in [1.807, 2.05) is 36.4 Å². The highest BCUT2D eigenvalue weighted by atomic mass is 32.2. The van der Waals surface area contributed by atoms with Crippen LogP contribution in [0.1, 0.15) is 21.5 Å². The van der Waals surface area contributed by atoms with Crippen LogP contribution in [0.4, 0.5) is 5.69 Å². The third-order valence-corrected chi connectivity index (χ3v) is 6.24. The summed E-state index contributed by atoms with van der Waals surface area (Å²) < 4.78 is 24.2. The molecule has 6 heteroatoms. The summed E-state index contributed by atoms with van der Waals surface area (Å²) in [6, 6.07) is 21.6. The Hall–Kier alpha value is -3.43. The molecule has 3 aromatic rings. The van der Waals surface area contributed by atoms with Crippen molar-refractivity contribution >= 4 is 21.4 Å². The van der Waals surface area contributed by atoms with Crippen molar-refractivity contribution in [2.75, 3.05) is 17.7 Å². The molecule has 0 N–H and O–H groups in total. The van der Waals surface area contributed by atoms with Crippen molar-refractivity contribution in [1.82, 2.24) is 0 Å². The van der Waals surface area contributed by atoms with E-state index in [1.54, 1.807) is 23.1 Å². The minimum absolute atomic E-state index is 0.103. The molecule has 1 aliphatic heterocycles. The van der Waals surface area contributed by atoms with Gasteiger partial charge in [0.15, 0.2) is 9.84 Å². The van der Waals surface area contributed by atoms with E-state index >= 15 is 0 Å². The number of carbonyl (C=O) groups is 1. The smallest absolute Gasteiger partial charge is 0.258 e. The fourth-order valence-electron chi connectivity index (χ4n) is 3.70. The highest BCUT2D eigenvalue weighted by Gasteiger charge is 2.29. The number of rotatable bonds is 3. The molecule has 1 aliphatic rings. The second kappa shape index (κ2) is 7.19. The maximum Gasteiger partial charge on any atom is 0.258 e. The monoisotopic (exact) mass is 402 g/mol. The third-order valence-electron chi connectivity index (χ3n) is 5.13. The average Bonchev–Trinajstić information content (AvgIpc) is 3.17. The summed E-state index contributed by atoms with van der Waals surface area (Å²) in [5.74, 6) is -0.275. The van der Waals surface area contributed by atoms with Gasteiger partial charge in [0.2, 0.25) is 0 Å². The molecule has 0 saturated carbocycles. The van der Waals surface area contributed by atoms with Crippen LogP contribution in [0.15, 0.2) is 71.6 Å². The fraction of sp³-hybridized carbons (Fsp3) is 0.130. The van der Waals surface area contributed by atoms with Crippen LogP contribution in [0.2, 0.25) is 0 Å². The van der Waals surface area contributed by atoms with Crippen LogP contribution in [0.5, 0.6) is 0 Å². The first kappa shape index (κ1) is 18.9. The molecule has 0 radical (unpaired) electrons. The highest BCUT2D eigenvalue weighted by molar-refractivity contribution is 7.90. The molecule has 0 saturated heterocycles. The van der Waals surface area contributed by atoms with Gasteiger partial charge in [0.05, 0.1) is 16.5 Å². The van der Waals surface area contributed by atoms with Crippen molar-refractivity contribution in [3.05, 3.63) is 83.4 Å². The summed E-state index contributed by atoms with van der Waals surface area (Å²) >= 11 is 0. The predicted molar refractivity (Wildman–Crippen MR) is 112 cm³/mol. The maximum absolute atomic E-state index is 13.5. The minimum Gasteiger partial charge on any atom is -0.308 e. The Kier molecular flexibility index (Phi) is 4.69. The van der Waals surface area contributed by atoms with Gasteiger partial charge in [-0.1, -0.05) is 42.5 Å². The molecule has 1 heterocycles. The second-order valence-corrected chi connectivity index (χ2v) is 8.98. The number of anilines is 1. The van der Waals surface area contributed by atoms with E-state index in [1.165, 1.54) is 12.1 Å². The molecule has 3 aromatic carbocycles. The summed E-state index contributed by atoms with van der Waals surface area (Å²) in [6.07, 6.45) is 1.72. The molecule has 0 bridgehead atoms. The first-order valence-corrected chi connectivity index (χ1v) is 11.0. The lowest BCUT2D eigenvalue weighted by Gasteiger charge is -2.20. The van der Waals surface area contributed by atoms with E-state index in [-0.39, 0.29) is 10.8 Å². The number of sulfone groups is 1. The maximum atomic E-state index is 13.5. The van der Waals surface area contributed by atoms with Gasteiger partial charge >= 0.3 is 0 Å². The normalized spacial score (nSPS) is 13.0. The number of fused-ring (bicyclic) bond motifs is 1. The van der Waals surface area contributed by atoms with Crippen LogP contribution < -0.4 is 4.90 Å². The van der Waals surface area contributed by atoms with Gasteiger partial charge in [0.25, 0.3) is 5.91 Å². The fourth-order valence-corrected chi connectivity index (χ4v) is 4.34. The number of amides is 1. The van der Waals surface area contributed by atoms with Gasteiger partial charge in [0.1, 0.15) is 0 Å². The molecule has 4 rings (SSSR count). The van der Waals surface area contributed by atoms with Gasteiger partial charge in [0, 0.05) is 24.1 Å². The van der Waals surface area contributed by atoms with Crippen LogP contribution in [0.3, 0.4) is 0 Å². The molecule has 5 nitrogen and oxygen atoms in total. The van der Waals surface area contributed by atoms with Crippen molar-refractivity contribution in [2.45, 2.75) is 11.3 Å². The van der Waals surface area contributed by atoms with Crippen molar-refractivity contribution in [3.8, 4) is 17.2 Å². The number of hydrogen-bond donors (Lipinski definition) is 0. The largest absolute Gasteiger partial charge is 0.308 e. The van der Waals surface area contributed by atoms with Gasteiger partial charge in [-0.15, -0.1) is 0 Å². The Morgan fingerprint density at radius 2 is 1.79 bits per heavy atom. The van der Waals surface area contributed by atoms with Crippen LogP contribution in [0, 0.1) is 11.3 Å². The van der Waals surface area contributed by atoms with E-state index < -0.39 is 9.84 Å². The Morgan fingerprint density at radius 3 is 2.48 bits per heavy atom. The number of nitrogens with zero attached hydrogens (tertiary/aromatic N) is 2. The van der Waals surface area contributed by atoms with Crippen LogP contribution >= 0.6 is 0 Å². The van der Waals surface area contributed by atoms with Crippen molar-refractivity contribution in [3.63, 3.8) is 0 Å². The first-order chi connectivity index (χ1) is 13.9. The zero-order chi connectivity index (χ0) is 20.6. The number of nitriles is 1. The lowest BCUT2D eigenvalue weighted by Crippen LogP contribution is -2.29. The zero-order valence-electron chi connectivity index (χ0n) is 15.8. The van der Waals surface area contributed by atoms with E-state index in [9.17, 15) is 18.5 Å². The first-order valence-electron chi connectivity index (χ1n) is 9.13. The van der Waals surface area contributed by atoms with E-state index in [4.69, 9.17) is 0 Å². The molecule has 0 aliphatic carbocycles. The Bertz CT molecular complexity index is 1260. The van der Waals surface area contributed by atoms with Gasteiger partial charge in [-0.3, -0.25) is 4.79 Å². The molecule has 0 unspecified atom stereocenters.